The van der Waals surface area contributed by atoms with Crippen molar-refractivity contribution in [3.8, 4) is 0 Å². The van der Waals surface area contributed by atoms with E-state index in [0.717, 1.165) is 35.5 Å². The monoisotopic (exact) mass is 690 g/mol. The Morgan fingerprint density at radius 3 is 2.02 bits per heavy atom. The molecule has 6 nitrogen and oxygen atoms in total. The molecule has 234 valence electrons. The van der Waals surface area contributed by atoms with Crippen molar-refractivity contribution in [2.24, 2.45) is 0 Å². The van der Waals surface area contributed by atoms with Gasteiger partial charge in [-0.15, -0.1) is 58.8 Å². The lowest BCUT2D eigenvalue weighted by Crippen LogP contribution is -2.28. The normalized spacial score (nSPS) is 17.9. The Bertz CT molecular complexity index is 952. The fraction of sp³-hybridized carbons (Fsp3) is 0.600. The first kappa shape index (κ1) is 36.1. The van der Waals surface area contributed by atoms with Gasteiger partial charge in [-0.2, -0.15) is 11.8 Å². The Hall–Kier alpha value is -0.340. The van der Waals surface area contributed by atoms with Gasteiger partial charge in [0.1, 0.15) is 17.6 Å². The maximum absolute atomic E-state index is 11.8. The second kappa shape index (κ2) is 21.4. The van der Waals surface area contributed by atoms with Gasteiger partial charge in [0.15, 0.2) is 0 Å². The molecule has 0 spiro atoms. The van der Waals surface area contributed by atoms with Gasteiger partial charge in [0.25, 0.3) is 0 Å². The van der Waals surface area contributed by atoms with Crippen LogP contribution in [0.4, 0.5) is 0 Å². The molecule has 0 aliphatic carbocycles. The molecule has 0 saturated carbocycles. The van der Waals surface area contributed by atoms with Crippen LogP contribution in [0.2, 0.25) is 0 Å². The van der Waals surface area contributed by atoms with Gasteiger partial charge in [-0.1, -0.05) is 37.4 Å². The van der Waals surface area contributed by atoms with E-state index < -0.39 is 11.9 Å². The molecule has 12 heteroatoms. The summed E-state index contributed by atoms with van der Waals surface area (Å²) in [5.41, 5.74) is 1.79. The van der Waals surface area contributed by atoms with Gasteiger partial charge >= 0.3 is 11.9 Å². The number of benzene rings is 1. The molecule has 3 rings (SSSR count). The number of ether oxygens (including phenoxy) is 4. The lowest BCUT2D eigenvalue weighted by atomic mass is 10.1. The van der Waals surface area contributed by atoms with E-state index in [1.54, 1.807) is 23.5 Å². The molecule has 1 aromatic rings. The van der Waals surface area contributed by atoms with Crippen molar-refractivity contribution in [1.82, 2.24) is 0 Å². The maximum atomic E-state index is 11.8. The summed E-state index contributed by atoms with van der Waals surface area (Å²) in [4.78, 5) is 23.6. The van der Waals surface area contributed by atoms with E-state index in [1.165, 1.54) is 35.2 Å². The molecule has 2 saturated heterocycles. The van der Waals surface area contributed by atoms with Gasteiger partial charge in [0.2, 0.25) is 0 Å². The summed E-state index contributed by atoms with van der Waals surface area (Å²) in [5, 5.41) is 0. The van der Waals surface area contributed by atoms with E-state index in [1.807, 2.05) is 78.2 Å². The van der Waals surface area contributed by atoms with E-state index in [-0.39, 0.29) is 17.6 Å². The number of esters is 2. The zero-order valence-electron chi connectivity index (χ0n) is 24.1. The van der Waals surface area contributed by atoms with E-state index in [0.29, 0.717) is 34.7 Å². The molecule has 42 heavy (non-hydrogen) atoms. The Morgan fingerprint density at radius 2 is 1.43 bits per heavy atom. The Labute approximate surface area is 276 Å². The molecule has 2 fully saturated rings. The molecule has 2 heterocycles. The molecular weight excluding hydrogens is 649 g/mol. The fourth-order valence-electron chi connectivity index (χ4n) is 3.98. The van der Waals surface area contributed by atoms with Crippen LogP contribution in [0.1, 0.15) is 30.9 Å². The van der Waals surface area contributed by atoms with Gasteiger partial charge in [-0.05, 0) is 42.4 Å². The van der Waals surface area contributed by atoms with Crippen molar-refractivity contribution in [1.29, 1.82) is 0 Å². The minimum atomic E-state index is -0.440. The van der Waals surface area contributed by atoms with Crippen molar-refractivity contribution in [2.45, 2.75) is 59.8 Å². The summed E-state index contributed by atoms with van der Waals surface area (Å²) < 4.78 is 24.5. The molecule has 1 aromatic carbocycles. The first-order valence-corrected chi connectivity index (χ1v) is 20.5. The van der Waals surface area contributed by atoms with Crippen molar-refractivity contribution < 1.29 is 28.5 Å². The van der Waals surface area contributed by atoms with E-state index in [4.69, 9.17) is 18.9 Å². The number of carbonyl (C=O) groups excluding carboxylic acids is 2. The minimum absolute atomic E-state index is 0.267. The van der Waals surface area contributed by atoms with Crippen molar-refractivity contribution in [3.63, 3.8) is 0 Å². The van der Waals surface area contributed by atoms with Crippen LogP contribution in [0.25, 0.3) is 0 Å². The predicted octanol–water partition coefficient (Wildman–Crippen LogP) is 7.12. The highest BCUT2D eigenvalue weighted by Gasteiger charge is 2.24. The smallest absolute Gasteiger partial charge is 0.330 e. The van der Waals surface area contributed by atoms with E-state index in [2.05, 4.69) is 13.2 Å². The number of thioether (sulfide) groups is 6. The number of hydrogen-bond donors (Lipinski definition) is 0. The lowest BCUT2D eigenvalue weighted by Gasteiger charge is -2.24. The number of hydrogen-bond acceptors (Lipinski definition) is 12. The minimum Gasteiger partial charge on any atom is -0.456 e. The molecule has 0 amide bonds. The molecule has 3 atom stereocenters. The number of carbonyl (C=O) groups is 2. The third-order valence-corrected chi connectivity index (χ3v) is 14.9. The second-order valence-electron chi connectivity index (χ2n) is 9.49. The summed E-state index contributed by atoms with van der Waals surface area (Å²) in [7, 11) is 0. The third-order valence-electron chi connectivity index (χ3n) is 6.13. The Kier molecular flexibility index (Phi) is 18.4. The molecule has 0 radical (unpaired) electrons. The molecule has 2 aliphatic rings. The Balaban J connectivity index is 1.41. The summed E-state index contributed by atoms with van der Waals surface area (Å²) in [6.45, 7) is 10.1. The average Bonchev–Trinajstić information content (AvgIpc) is 3.72. The quantitative estimate of drug-likeness (QED) is 0.0571. The highest BCUT2D eigenvalue weighted by atomic mass is 32.2. The van der Waals surface area contributed by atoms with Crippen LogP contribution >= 0.6 is 70.6 Å². The zero-order chi connectivity index (χ0) is 30.0. The fourth-order valence-corrected chi connectivity index (χ4v) is 12.3. The summed E-state index contributed by atoms with van der Waals surface area (Å²) in [5.74, 6) is 6.76. The largest absolute Gasteiger partial charge is 0.456 e. The van der Waals surface area contributed by atoms with Gasteiger partial charge in [-0.25, -0.2) is 9.59 Å². The topological polar surface area (TPSA) is 71.1 Å². The van der Waals surface area contributed by atoms with Crippen LogP contribution in [-0.4, -0.2) is 85.6 Å². The lowest BCUT2D eigenvalue weighted by molar-refractivity contribution is -0.146. The van der Waals surface area contributed by atoms with Crippen LogP contribution in [0.15, 0.2) is 49.6 Å². The molecule has 0 N–H and O–H groups in total. The average molecular weight is 691 g/mol. The van der Waals surface area contributed by atoms with Gasteiger partial charge in [0.05, 0.1) is 29.0 Å². The standard InChI is InChI=1S/C30H42O6S6/c1-4-26(31)35-22(3)30(42-13-11-29-40-16-17-41-29)34-19-24-8-6-23(7-9-24)18-33-20-25(36-27(32)5-2)21-37-12-10-28-38-14-15-39-28/h4-9,22,25,28-30H,1-2,10-21H2,3H3. The van der Waals surface area contributed by atoms with Crippen LogP contribution < -0.4 is 0 Å². The van der Waals surface area contributed by atoms with Crippen LogP contribution in [-0.2, 0) is 41.8 Å². The second-order valence-corrected chi connectivity index (χ2v) is 17.7. The SMILES string of the molecule is C=CC(=O)OC(COCc1ccc(COC(SCCC2SCCS2)C(C)OC(=O)C=C)cc1)CSCCC1SCCS1. The third kappa shape index (κ3) is 14.6. The van der Waals surface area contributed by atoms with Gasteiger partial charge in [0, 0.05) is 40.9 Å². The first-order chi connectivity index (χ1) is 20.5. The van der Waals surface area contributed by atoms with E-state index in [9.17, 15) is 9.59 Å². The highest BCUT2D eigenvalue weighted by molar-refractivity contribution is 8.20. The molecule has 0 bridgehead atoms. The van der Waals surface area contributed by atoms with Crippen molar-refractivity contribution in [2.75, 3.05) is 46.9 Å². The number of rotatable bonds is 21. The zero-order valence-corrected chi connectivity index (χ0v) is 29.0. The van der Waals surface area contributed by atoms with Crippen LogP contribution in [0, 0.1) is 0 Å². The van der Waals surface area contributed by atoms with Crippen LogP contribution in [0.3, 0.4) is 0 Å². The molecule has 3 unspecified atom stereocenters. The molecule has 2 aliphatic heterocycles. The van der Waals surface area contributed by atoms with Crippen molar-refractivity contribution >= 4 is 82.5 Å². The summed E-state index contributed by atoms with van der Waals surface area (Å²) in [6, 6.07) is 8.09. The Morgan fingerprint density at radius 1 is 0.881 bits per heavy atom. The van der Waals surface area contributed by atoms with Crippen LogP contribution in [0.5, 0.6) is 0 Å². The predicted molar refractivity (Wildman–Crippen MR) is 187 cm³/mol. The first-order valence-electron chi connectivity index (χ1n) is 14.1. The highest BCUT2D eigenvalue weighted by Crippen LogP contribution is 2.36. The summed E-state index contributed by atoms with van der Waals surface area (Å²) in [6.07, 6.45) is 3.95. The summed E-state index contributed by atoms with van der Waals surface area (Å²) >= 11 is 11.6. The van der Waals surface area contributed by atoms with Gasteiger partial charge in [-0.3, -0.25) is 0 Å². The molecule has 0 aromatic heterocycles. The van der Waals surface area contributed by atoms with Gasteiger partial charge < -0.3 is 18.9 Å². The molecular formula is C30H42O6S6. The van der Waals surface area contributed by atoms with Crippen molar-refractivity contribution in [3.05, 3.63) is 60.7 Å². The van der Waals surface area contributed by atoms with E-state index >= 15 is 0 Å². The maximum Gasteiger partial charge on any atom is 0.330 e.